The van der Waals surface area contributed by atoms with Crippen molar-refractivity contribution in [3.05, 3.63) is 90.3 Å². The molecule has 0 heterocycles. The summed E-state index contributed by atoms with van der Waals surface area (Å²) in [5.74, 6) is 0. The van der Waals surface area contributed by atoms with E-state index in [2.05, 4.69) is 88.4 Å². The van der Waals surface area contributed by atoms with Gasteiger partial charge in [-0.1, -0.05) is 37.1 Å². The molecule has 0 aliphatic rings. The zero-order valence-corrected chi connectivity index (χ0v) is 21.5. The van der Waals surface area contributed by atoms with Crippen LogP contribution < -0.4 is 0 Å². The van der Waals surface area contributed by atoms with Gasteiger partial charge in [-0.2, -0.15) is 12.1 Å². The van der Waals surface area contributed by atoms with E-state index in [4.69, 9.17) is 17.0 Å². The average molecular weight is 492 g/mol. The maximum absolute atomic E-state index is 4.93. The molecule has 0 amide bonds. The van der Waals surface area contributed by atoms with Crippen LogP contribution in [0.3, 0.4) is 0 Å². The first-order chi connectivity index (χ1) is 12.0. The Balaban J connectivity index is 0.000000412. The van der Waals surface area contributed by atoms with Crippen LogP contribution in [-0.2, 0) is 20.8 Å². The van der Waals surface area contributed by atoms with Crippen LogP contribution in [0.15, 0.2) is 60.7 Å². The maximum Gasteiger partial charge on any atom is 0 e. The monoisotopic (exact) mass is 489 g/mol. The molecule has 0 spiro atoms. The third-order valence-electron chi connectivity index (χ3n) is 4.23. The van der Waals surface area contributed by atoms with Gasteiger partial charge >= 0.3 is 37.9 Å². The molecule has 4 radical (unpaired) electrons. The Labute approximate surface area is 187 Å². The van der Waals surface area contributed by atoms with E-state index in [0.29, 0.717) is 0 Å². The van der Waals surface area contributed by atoms with Crippen LogP contribution in [0.5, 0.6) is 0 Å². The summed E-state index contributed by atoms with van der Waals surface area (Å²) in [6.07, 6.45) is 0. The van der Waals surface area contributed by atoms with Crippen molar-refractivity contribution in [3.8, 4) is 0 Å². The Kier molecular flexibility index (Phi) is 12.4. The smallest absolute Gasteiger partial charge is 0 e. The molecule has 0 fully saturated rings. The minimum absolute atomic E-state index is 0. The molecule has 4 rings (SSSR count). The number of benzene rings is 2. The van der Waals surface area contributed by atoms with Crippen LogP contribution >= 0.6 is 17.0 Å². The summed E-state index contributed by atoms with van der Waals surface area (Å²) in [5.41, 5.74) is 5.45. The Hall–Kier alpha value is -0.660. The average Bonchev–Trinajstić information content (AvgIpc) is 3.12. The Morgan fingerprint density at radius 1 is 0.704 bits per heavy atom. The number of aryl methyl sites for hydroxylation is 4. The molecule has 0 aliphatic carbocycles. The fourth-order valence-corrected chi connectivity index (χ4v) is 3.08. The second-order valence-corrected chi connectivity index (χ2v) is 10.0. The third-order valence-corrected chi connectivity index (χ3v) is 4.23. The molecule has 0 atom stereocenters. The van der Waals surface area contributed by atoms with E-state index < -0.39 is 20.8 Å². The first-order valence-electron chi connectivity index (χ1n) is 8.18. The van der Waals surface area contributed by atoms with Crippen LogP contribution in [0.1, 0.15) is 22.3 Å². The standard InChI is InChI=1S/2C11H11.CH3.2ClH.Si.Zr/c2*1-8-6-10-5-3-4-9(2)11(10)7-8;;;;;/h2*3-7H,1-2H3;1H3;2*1H;;/q3*-1;;;;+2/p-2. The molecule has 0 unspecified atom stereocenters. The number of fused-ring (bicyclic) bond motifs is 2. The van der Waals surface area contributed by atoms with Gasteiger partial charge in [0.1, 0.15) is 0 Å². The molecule has 0 aliphatic heterocycles. The first-order valence-corrected chi connectivity index (χ1v) is 14.5. The second-order valence-electron chi connectivity index (χ2n) is 6.29. The predicted octanol–water partition coefficient (Wildman–Crippen LogP) is 7.80. The summed E-state index contributed by atoms with van der Waals surface area (Å²) in [7, 11) is 9.87. The van der Waals surface area contributed by atoms with Crippen LogP contribution in [0, 0.1) is 35.1 Å². The van der Waals surface area contributed by atoms with E-state index >= 15 is 0 Å². The summed E-state index contributed by atoms with van der Waals surface area (Å²) >= 11 is -0.826. The molecule has 0 aromatic heterocycles. The van der Waals surface area contributed by atoms with E-state index in [0.717, 1.165) is 0 Å². The minimum Gasteiger partial charge on any atom is 0 e. The van der Waals surface area contributed by atoms with E-state index in [1.807, 2.05) is 0 Å². The Morgan fingerprint density at radius 3 is 1.33 bits per heavy atom. The largest absolute Gasteiger partial charge is 0 e. The third kappa shape index (κ3) is 7.35. The van der Waals surface area contributed by atoms with Gasteiger partial charge in [-0.05, 0) is 13.8 Å². The first kappa shape index (κ1) is 26.3. The minimum atomic E-state index is -0.826. The molecule has 0 saturated heterocycles. The van der Waals surface area contributed by atoms with Crippen molar-refractivity contribution >= 4 is 49.5 Å². The molecule has 4 heteroatoms. The molecule has 0 nitrogen and oxygen atoms in total. The van der Waals surface area contributed by atoms with Crippen LogP contribution in [-0.4, -0.2) is 11.0 Å². The van der Waals surface area contributed by atoms with Crippen molar-refractivity contribution in [1.82, 2.24) is 0 Å². The van der Waals surface area contributed by atoms with Gasteiger partial charge in [0.2, 0.25) is 0 Å². The topological polar surface area (TPSA) is 0 Å². The van der Waals surface area contributed by atoms with Crippen LogP contribution in [0.25, 0.3) is 21.5 Å². The van der Waals surface area contributed by atoms with Gasteiger partial charge < -0.3 is 7.43 Å². The Bertz CT molecular complexity index is 875. The van der Waals surface area contributed by atoms with E-state index in [9.17, 15) is 0 Å². The second kappa shape index (κ2) is 12.7. The summed E-state index contributed by atoms with van der Waals surface area (Å²) in [5, 5.41) is 5.51. The molecule has 0 bridgehead atoms. The van der Waals surface area contributed by atoms with Gasteiger partial charge in [0.25, 0.3) is 0 Å². The normalized spacial score (nSPS) is 9.26. The van der Waals surface area contributed by atoms with Gasteiger partial charge in [0.05, 0.1) is 0 Å². The molecular weight excluding hydrogens is 466 g/mol. The van der Waals surface area contributed by atoms with Crippen LogP contribution in [0.4, 0.5) is 0 Å². The molecular formula is C23H25Cl2SiZr-3. The van der Waals surface area contributed by atoms with Gasteiger partial charge in [-0.25, -0.2) is 0 Å². The molecule has 0 saturated carbocycles. The van der Waals surface area contributed by atoms with Crippen molar-refractivity contribution < 1.29 is 20.8 Å². The van der Waals surface area contributed by atoms with Crippen molar-refractivity contribution in [2.45, 2.75) is 27.7 Å². The van der Waals surface area contributed by atoms with Gasteiger partial charge in [-0.3, -0.25) is 0 Å². The SMILES string of the molecule is Cc1cc2c(C)cccc2[cH-]1.Cc1cc2c(C)cccc2[cH-]1.[CH3-].[Cl][Zr][Cl].[Si]. The number of hydrogen-bond donors (Lipinski definition) is 0. The number of rotatable bonds is 0. The zero-order chi connectivity index (χ0) is 18.4. The van der Waals surface area contributed by atoms with Crippen molar-refractivity contribution in [1.29, 1.82) is 0 Å². The van der Waals surface area contributed by atoms with E-state index in [-0.39, 0.29) is 18.4 Å². The quantitative estimate of drug-likeness (QED) is 0.174. The maximum atomic E-state index is 4.93. The van der Waals surface area contributed by atoms with Crippen molar-refractivity contribution in [3.63, 3.8) is 0 Å². The van der Waals surface area contributed by atoms with Gasteiger partial charge in [0, 0.05) is 11.0 Å². The molecule has 4 aromatic carbocycles. The van der Waals surface area contributed by atoms with Crippen LogP contribution in [0.2, 0.25) is 0 Å². The summed E-state index contributed by atoms with van der Waals surface area (Å²) in [4.78, 5) is 0. The fraction of sp³-hybridized carbons (Fsp3) is 0.174. The molecule has 142 valence electrons. The fourth-order valence-electron chi connectivity index (χ4n) is 3.08. The van der Waals surface area contributed by atoms with Crippen molar-refractivity contribution in [2.75, 3.05) is 0 Å². The Morgan fingerprint density at radius 2 is 1.04 bits per heavy atom. The number of hydrogen-bond acceptors (Lipinski definition) is 0. The molecule has 4 aromatic rings. The van der Waals surface area contributed by atoms with E-state index in [1.165, 1.54) is 43.8 Å². The van der Waals surface area contributed by atoms with Crippen molar-refractivity contribution in [2.24, 2.45) is 0 Å². The van der Waals surface area contributed by atoms with Gasteiger partial charge in [0.15, 0.2) is 0 Å². The zero-order valence-electron chi connectivity index (χ0n) is 16.5. The summed E-state index contributed by atoms with van der Waals surface area (Å²) in [6, 6.07) is 21.8. The van der Waals surface area contributed by atoms with E-state index in [1.54, 1.807) is 0 Å². The molecule has 27 heavy (non-hydrogen) atoms. The summed E-state index contributed by atoms with van der Waals surface area (Å²) < 4.78 is 0. The van der Waals surface area contributed by atoms with Gasteiger partial charge in [-0.15, -0.1) is 69.1 Å². The summed E-state index contributed by atoms with van der Waals surface area (Å²) in [6.45, 7) is 8.59. The number of halogens is 2. The molecule has 0 N–H and O–H groups in total. The predicted molar refractivity (Wildman–Crippen MR) is 122 cm³/mol.